The standard InChI is InChI=1S/C19H25N3O2/c1-3-4-8-17(23)22-13-6-5-7-16(22)19-20-18(21-24-19)15-11-9-14(2)10-12-15/h9-12,16H,3-8,13H2,1-2H3/t16-/m1/s1. The van der Waals surface area contributed by atoms with Crippen molar-refractivity contribution >= 4 is 5.91 Å². The van der Waals surface area contributed by atoms with Crippen LogP contribution in [0.25, 0.3) is 11.4 Å². The molecule has 1 aromatic carbocycles. The first kappa shape index (κ1) is 16.7. The Morgan fingerprint density at radius 2 is 2.08 bits per heavy atom. The third-order valence-corrected chi connectivity index (χ3v) is 4.60. The topological polar surface area (TPSA) is 59.2 Å². The van der Waals surface area contributed by atoms with E-state index in [1.807, 2.05) is 36.1 Å². The van der Waals surface area contributed by atoms with Crippen LogP contribution in [-0.2, 0) is 4.79 Å². The molecule has 0 bridgehead atoms. The molecule has 1 aliphatic rings. The molecule has 0 aliphatic carbocycles. The van der Waals surface area contributed by atoms with Crippen LogP contribution in [0.1, 0.15) is 62.9 Å². The van der Waals surface area contributed by atoms with Crippen molar-refractivity contribution in [3.05, 3.63) is 35.7 Å². The lowest BCUT2D eigenvalue weighted by Gasteiger charge is -2.33. The first-order valence-electron chi connectivity index (χ1n) is 8.89. The lowest BCUT2D eigenvalue weighted by Crippen LogP contribution is -2.38. The molecule has 0 unspecified atom stereocenters. The number of hydrogen-bond donors (Lipinski definition) is 0. The van der Waals surface area contributed by atoms with Crippen molar-refractivity contribution < 1.29 is 9.32 Å². The Balaban J connectivity index is 1.78. The molecule has 5 heteroatoms. The van der Waals surface area contributed by atoms with Gasteiger partial charge in [0, 0.05) is 18.5 Å². The van der Waals surface area contributed by atoms with Crippen LogP contribution in [0, 0.1) is 6.92 Å². The van der Waals surface area contributed by atoms with E-state index in [1.165, 1.54) is 5.56 Å². The smallest absolute Gasteiger partial charge is 0.249 e. The van der Waals surface area contributed by atoms with Crippen molar-refractivity contribution in [2.24, 2.45) is 0 Å². The third kappa shape index (κ3) is 3.66. The van der Waals surface area contributed by atoms with Crippen molar-refractivity contribution in [1.82, 2.24) is 15.0 Å². The number of aryl methyl sites for hydroxylation is 1. The monoisotopic (exact) mass is 327 g/mol. The second-order valence-corrected chi connectivity index (χ2v) is 6.52. The van der Waals surface area contributed by atoms with Gasteiger partial charge in [0.25, 0.3) is 0 Å². The van der Waals surface area contributed by atoms with Gasteiger partial charge in [0.15, 0.2) is 0 Å². The number of amides is 1. The van der Waals surface area contributed by atoms with Gasteiger partial charge in [-0.15, -0.1) is 0 Å². The van der Waals surface area contributed by atoms with E-state index in [0.717, 1.165) is 44.2 Å². The summed E-state index contributed by atoms with van der Waals surface area (Å²) in [5.41, 5.74) is 2.14. The Labute approximate surface area is 143 Å². The van der Waals surface area contributed by atoms with Gasteiger partial charge in [-0.3, -0.25) is 4.79 Å². The summed E-state index contributed by atoms with van der Waals surface area (Å²) in [6.45, 7) is 4.94. The Morgan fingerprint density at radius 1 is 1.29 bits per heavy atom. The number of likely N-dealkylation sites (tertiary alicyclic amines) is 1. The molecule has 3 rings (SSSR count). The normalized spacial score (nSPS) is 17.9. The number of rotatable bonds is 5. The van der Waals surface area contributed by atoms with Gasteiger partial charge in [-0.1, -0.05) is 48.3 Å². The zero-order chi connectivity index (χ0) is 16.9. The molecule has 0 N–H and O–H groups in total. The second-order valence-electron chi connectivity index (χ2n) is 6.52. The van der Waals surface area contributed by atoms with Gasteiger partial charge in [-0.2, -0.15) is 4.98 Å². The average Bonchev–Trinajstić information content (AvgIpc) is 3.10. The summed E-state index contributed by atoms with van der Waals surface area (Å²) >= 11 is 0. The highest BCUT2D eigenvalue weighted by Crippen LogP contribution is 2.31. The number of unbranched alkanes of at least 4 members (excludes halogenated alkanes) is 1. The molecule has 2 heterocycles. The third-order valence-electron chi connectivity index (χ3n) is 4.60. The maximum Gasteiger partial charge on any atom is 0.249 e. The molecule has 1 amide bonds. The molecule has 1 aromatic heterocycles. The Kier molecular flexibility index (Phi) is 5.28. The fraction of sp³-hybridized carbons (Fsp3) is 0.526. The lowest BCUT2D eigenvalue weighted by atomic mass is 10.0. The van der Waals surface area contributed by atoms with Gasteiger partial charge >= 0.3 is 0 Å². The summed E-state index contributed by atoms with van der Waals surface area (Å²) in [6, 6.07) is 7.98. The zero-order valence-corrected chi connectivity index (χ0v) is 14.5. The number of nitrogens with zero attached hydrogens (tertiary/aromatic N) is 3. The second kappa shape index (κ2) is 7.60. The number of carbonyl (C=O) groups is 1. The van der Waals surface area contributed by atoms with Crippen LogP contribution in [0.5, 0.6) is 0 Å². The van der Waals surface area contributed by atoms with Gasteiger partial charge in [0.1, 0.15) is 6.04 Å². The van der Waals surface area contributed by atoms with Crippen molar-refractivity contribution in [1.29, 1.82) is 0 Å². The first-order valence-corrected chi connectivity index (χ1v) is 8.89. The van der Waals surface area contributed by atoms with Crippen LogP contribution in [0.4, 0.5) is 0 Å². The maximum absolute atomic E-state index is 12.5. The summed E-state index contributed by atoms with van der Waals surface area (Å²) in [5.74, 6) is 1.36. The van der Waals surface area contributed by atoms with E-state index >= 15 is 0 Å². The summed E-state index contributed by atoms with van der Waals surface area (Å²) in [6.07, 6.45) is 5.60. The Morgan fingerprint density at radius 3 is 2.83 bits per heavy atom. The molecule has 2 aromatic rings. The van der Waals surface area contributed by atoms with E-state index in [-0.39, 0.29) is 11.9 Å². The molecule has 0 spiro atoms. The number of benzene rings is 1. The highest BCUT2D eigenvalue weighted by atomic mass is 16.5. The summed E-state index contributed by atoms with van der Waals surface area (Å²) in [7, 11) is 0. The van der Waals surface area contributed by atoms with E-state index in [9.17, 15) is 4.79 Å². The quantitative estimate of drug-likeness (QED) is 0.822. The van der Waals surface area contributed by atoms with Crippen molar-refractivity contribution in [3.8, 4) is 11.4 Å². The largest absolute Gasteiger partial charge is 0.337 e. The highest BCUT2D eigenvalue weighted by molar-refractivity contribution is 5.76. The van der Waals surface area contributed by atoms with Crippen LogP contribution in [0.2, 0.25) is 0 Å². The lowest BCUT2D eigenvalue weighted by molar-refractivity contribution is -0.135. The SMILES string of the molecule is CCCCC(=O)N1CCCC[C@@H]1c1nc(-c2ccc(C)cc2)no1. The fourth-order valence-corrected chi connectivity index (χ4v) is 3.15. The average molecular weight is 327 g/mol. The molecule has 1 fully saturated rings. The van der Waals surface area contributed by atoms with E-state index in [0.29, 0.717) is 18.1 Å². The van der Waals surface area contributed by atoms with Crippen LogP contribution >= 0.6 is 0 Å². The Bertz CT molecular complexity index is 678. The maximum atomic E-state index is 12.5. The van der Waals surface area contributed by atoms with Crippen molar-refractivity contribution in [2.75, 3.05) is 6.54 Å². The molecule has 1 aliphatic heterocycles. The van der Waals surface area contributed by atoms with Crippen molar-refractivity contribution in [2.45, 2.75) is 58.4 Å². The molecule has 128 valence electrons. The minimum absolute atomic E-state index is 0.0743. The molecule has 24 heavy (non-hydrogen) atoms. The van der Waals surface area contributed by atoms with Crippen molar-refractivity contribution in [3.63, 3.8) is 0 Å². The molecule has 5 nitrogen and oxygen atoms in total. The summed E-state index contributed by atoms with van der Waals surface area (Å²) in [5, 5.41) is 4.12. The minimum atomic E-state index is -0.0743. The predicted octanol–water partition coefficient (Wildman–Crippen LogP) is 4.29. The number of aromatic nitrogens is 2. The minimum Gasteiger partial charge on any atom is -0.337 e. The van der Waals surface area contributed by atoms with Gasteiger partial charge in [0.2, 0.25) is 17.6 Å². The van der Waals surface area contributed by atoms with E-state index < -0.39 is 0 Å². The molecular formula is C19H25N3O2. The highest BCUT2D eigenvalue weighted by Gasteiger charge is 2.31. The molecule has 1 atom stereocenters. The van der Waals surface area contributed by atoms with Gasteiger partial charge in [-0.05, 0) is 32.6 Å². The molecular weight excluding hydrogens is 302 g/mol. The molecule has 1 saturated heterocycles. The molecule has 0 saturated carbocycles. The van der Waals surface area contributed by atoms with Gasteiger partial charge in [-0.25, -0.2) is 0 Å². The number of piperidine rings is 1. The first-order chi connectivity index (χ1) is 11.7. The number of carbonyl (C=O) groups excluding carboxylic acids is 1. The van der Waals surface area contributed by atoms with Crippen LogP contribution in [0.3, 0.4) is 0 Å². The van der Waals surface area contributed by atoms with Gasteiger partial charge < -0.3 is 9.42 Å². The summed E-state index contributed by atoms with van der Waals surface area (Å²) < 4.78 is 5.52. The Hall–Kier alpha value is -2.17. The molecule has 0 radical (unpaired) electrons. The fourth-order valence-electron chi connectivity index (χ4n) is 3.15. The van der Waals surface area contributed by atoms with E-state index in [2.05, 4.69) is 17.1 Å². The zero-order valence-electron chi connectivity index (χ0n) is 14.5. The van der Waals surface area contributed by atoms with Crippen LogP contribution < -0.4 is 0 Å². The van der Waals surface area contributed by atoms with Crippen LogP contribution in [0.15, 0.2) is 28.8 Å². The van der Waals surface area contributed by atoms with Crippen LogP contribution in [-0.4, -0.2) is 27.5 Å². The van der Waals surface area contributed by atoms with E-state index in [1.54, 1.807) is 0 Å². The van der Waals surface area contributed by atoms with Gasteiger partial charge in [0.05, 0.1) is 0 Å². The summed E-state index contributed by atoms with van der Waals surface area (Å²) in [4.78, 5) is 19.0. The number of hydrogen-bond acceptors (Lipinski definition) is 4. The predicted molar refractivity (Wildman–Crippen MR) is 92.3 cm³/mol. The van der Waals surface area contributed by atoms with E-state index in [4.69, 9.17) is 4.52 Å².